The second-order valence-corrected chi connectivity index (χ2v) is 4.48. The van der Waals surface area contributed by atoms with E-state index in [1.807, 2.05) is 0 Å². The average Bonchev–Trinajstić information content (AvgIpc) is 2.58. The Bertz CT molecular complexity index is 136. The van der Waals surface area contributed by atoms with Gasteiger partial charge in [0.1, 0.15) is 0 Å². The highest BCUT2D eigenvalue weighted by Gasteiger charge is 2.18. The molecule has 0 aromatic carbocycles. The lowest BCUT2D eigenvalue weighted by Gasteiger charge is -2.20. The van der Waals surface area contributed by atoms with Gasteiger partial charge in [0.25, 0.3) is 0 Å². The molecule has 1 aliphatic rings. The fourth-order valence-corrected chi connectivity index (χ4v) is 2.17. The van der Waals surface area contributed by atoms with Crippen molar-refractivity contribution in [3.8, 4) is 0 Å². The molecule has 1 heterocycles. The van der Waals surface area contributed by atoms with Crippen molar-refractivity contribution in [1.29, 1.82) is 0 Å². The van der Waals surface area contributed by atoms with Gasteiger partial charge in [0.05, 0.1) is 0 Å². The van der Waals surface area contributed by atoms with Crippen molar-refractivity contribution in [2.75, 3.05) is 26.2 Å². The highest BCUT2D eigenvalue weighted by Crippen LogP contribution is 2.14. The predicted molar refractivity (Wildman–Crippen MR) is 62.7 cm³/mol. The van der Waals surface area contributed by atoms with Gasteiger partial charge in [0.15, 0.2) is 0 Å². The molecule has 0 saturated carbocycles. The number of unbranched alkanes of at least 4 members (excludes halogenated alkanes) is 2. The van der Waals surface area contributed by atoms with Crippen LogP contribution in [0.25, 0.3) is 0 Å². The molecule has 1 N–H and O–H groups in total. The van der Waals surface area contributed by atoms with Crippen LogP contribution in [0.4, 0.5) is 0 Å². The van der Waals surface area contributed by atoms with Gasteiger partial charge in [0, 0.05) is 19.1 Å². The van der Waals surface area contributed by atoms with E-state index in [1.54, 1.807) is 0 Å². The van der Waals surface area contributed by atoms with Gasteiger partial charge in [-0.1, -0.05) is 19.8 Å². The summed E-state index contributed by atoms with van der Waals surface area (Å²) in [6, 6.07) is 0.826. The van der Waals surface area contributed by atoms with Crippen LogP contribution in [-0.4, -0.2) is 37.1 Å². The lowest BCUT2D eigenvalue weighted by atomic mass is 10.2. The molecule has 2 nitrogen and oxygen atoms in total. The number of rotatable bonds is 7. The minimum atomic E-state index is 0.826. The molecule has 1 saturated heterocycles. The van der Waals surface area contributed by atoms with Gasteiger partial charge in [-0.2, -0.15) is 0 Å². The number of nitrogens with zero attached hydrogens (tertiary/aromatic N) is 1. The lowest BCUT2D eigenvalue weighted by Crippen LogP contribution is -2.34. The normalized spacial score (nSPS) is 23.1. The van der Waals surface area contributed by atoms with Crippen molar-refractivity contribution < 1.29 is 0 Å². The molecule has 1 aliphatic heterocycles. The summed E-state index contributed by atoms with van der Waals surface area (Å²) < 4.78 is 0. The van der Waals surface area contributed by atoms with Gasteiger partial charge < -0.3 is 5.32 Å². The first-order chi connectivity index (χ1) is 6.84. The molecule has 0 aromatic heterocycles. The van der Waals surface area contributed by atoms with Gasteiger partial charge >= 0.3 is 0 Å². The molecular formula is C12H26N2. The quantitative estimate of drug-likeness (QED) is 0.631. The minimum Gasteiger partial charge on any atom is -0.315 e. The second kappa shape index (κ2) is 7.24. The summed E-state index contributed by atoms with van der Waals surface area (Å²) in [7, 11) is 0. The first kappa shape index (κ1) is 12.0. The van der Waals surface area contributed by atoms with E-state index in [2.05, 4.69) is 24.1 Å². The first-order valence-electron chi connectivity index (χ1n) is 6.29. The molecule has 1 rings (SSSR count). The molecule has 84 valence electrons. The van der Waals surface area contributed by atoms with Crippen LogP contribution in [-0.2, 0) is 0 Å². The Balaban J connectivity index is 1.88. The summed E-state index contributed by atoms with van der Waals surface area (Å²) in [4.78, 5) is 2.60. The summed E-state index contributed by atoms with van der Waals surface area (Å²) in [6.45, 7) is 9.55. The molecule has 0 aliphatic carbocycles. The van der Waals surface area contributed by atoms with Crippen LogP contribution < -0.4 is 5.32 Å². The van der Waals surface area contributed by atoms with Crippen LogP contribution in [0.15, 0.2) is 0 Å². The van der Waals surface area contributed by atoms with Gasteiger partial charge in [-0.25, -0.2) is 0 Å². The molecule has 1 fully saturated rings. The third-order valence-electron chi connectivity index (χ3n) is 3.22. The highest BCUT2D eigenvalue weighted by atomic mass is 15.2. The van der Waals surface area contributed by atoms with Crippen molar-refractivity contribution >= 4 is 0 Å². The first-order valence-corrected chi connectivity index (χ1v) is 6.29. The smallest absolute Gasteiger partial charge is 0.0110 e. The van der Waals surface area contributed by atoms with Crippen LogP contribution in [0.3, 0.4) is 0 Å². The number of likely N-dealkylation sites (tertiary alicyclic amines) is 1. The van der Waals surface area contributed by atoms with E-state index in [1.165, 1.54) is 58.3 Å². The highest BCUT2D eigenvalue weighted by molar-refractivity contribution is 4.75. The number of hydrogen-bond donors (Lipinski definition) is 1. The fraction of sp³-hybridized carbons (Fsp3) is 1.00. The SMILES string of the molecule is CCCCCNCCN1CCCC1C. The monoisotopic (exact) mass is 198 g/mol. The standard InChI is InChI=1S/C12H26N2/c1-3-4-5-8-13-9-11-14-10-6-7-12(14)2/h12-13H,3-11H2,1-2H3. The van der Waals surface area contributed by atoms with Crippen molar-refractivity contribution in [3.63, 3.8) is 0 Å². The van der Waals surface area contributed by atoms with Crippen molar-refractivity contribution in [1.82, 2.24) is 10.2 Å². The Kier molecular flexibility index (Phi) is 6.20. The van der Waals surface area contributed by atoms with Crippen molar-refractivity contribution in [3.05, 3.63) is 0 Å². The molecule has 14 heavy (non-hydrogen) atoms. The minimum absolute atomic E-state index is 0.826. The van der Waals surface area contributed by atoms with E-state index in [0.717, 1.165) is 6.04 Å². The lowest BCUT2D eigenvalue weighted by molar-refractivity contribution is 0.268. The van der Waals surface area contributed by atoms with Crippen LogP contribution in [0.2, 0.25) is 0 Å². The summed E-state index contributed by atoms with van der Waals surface area (Å²) in [5.41, 5.74) is 0. The molecule has 0 amide bonds. The molecule has 2 heteroatoms. The summed E-state index contributed by atoms with van der Waals surface area (Å²) >= 11 is 0. The summed E-state index contributed by atoms with van der Waals surface area (Å²) in [5, 5.41) is 3.53. The van der Waals surface area contributed by atoms with Crippen LogP contribution in [0.1, 0.15) is 46.0 Å². The Morgan fingerprint density at radius 2 is 2.14 bits per heavy atom. The molecule has 0 aromatic rings. The Labute approximate surface area is 89.1 Å². The summed E-state index contributed by atoms with van der Waals surface area (Å²) in [5.74, 6) is 0. The molecule has 1 atom stereocenters. The van der Waals surface area contributed by atoms with Gasteiger partial charge in [-0.15, -0.1) is 0 Å². The van der Waals surface area contributed by atoms with Crippen LogP contribution in [0, 0.1) is 0 Å². The molecule has 0 radical (unpaired) electrons. The van der Waals surface area contributed by atoms with Crippen molar-refractivity contribution in [2.24, 2.45) is 0 Å². The maximum atomic E-state index is 3.53. The van der Waals surface area contributed by atoms with Crippen molar-refractivity contribution in [2.45, 2.75) is 52.0 Å². The fourth-order valence-electron chi connectivity index (χ4n) is 2.17. The second-order valence-electron chi connectivity index (χ2n) is 4.48. The van der Waals surface area contributed by atoms with E-state index >= 15 is 0 Å². The van der Waals surface area contributed by atoms with E-state index in [4.69, 9.17) is 0 Å². The zero-order chi connectivity index (χ0) is 10.2. The van der Waals surface area contributed by atoms with Crippen LogP contribution >= 0.6 is 0 Å². The van der Waals surface area contributed by atoms with Gasteiger partial charge in [-0.05, 0) is 39.3 Å². The number of nitrogens with one attached hydrogen (secondary N) is 1. The van der Waals surface area contributed by atoms with E-state index in [-0.39, 0.29) is 0 Å². The van der Waals surface area contributed by atoms with E-state index < -0.39 is 0 Å². The topological polar surface area (TPSA) is 15.3 Å². The zero-order valence-electron chi connectivity index (χ0n) is 9.89. The summed E-state index contributed by atoms with van der Waals surface area (Å²) in [6.07, 6.45) is 6.83. The molecule has 0 spiro atoms. The average molecular weight is 198 g/mol. The molecule has 1 unspecified atom stereocenters. The Morgan fingerprint density at radius 3 is 2.79 bits per heavy atom. The largest absolute Gasteiger partial charge is 0.315 e. The zero-order valence-corrected chi connectivity index (χ0v) is 9.89. The Hall–Kier alpha value is -0.0800. The molecule has 0 bridgehead atoms. The Morgan fingerprint density at radius 1 is 1.29 bits per heavy atom. The van der Waals surface area contributed by atoms with Crippen LogP contribution in [0.5, 0.6) is 0 Å². The maximum Gasteiger partial charge on any atom is 0.0110 e. The van der Waals surface area contributed by atoms with E-state index in [9.17, 15) is 0 Å². The maximum absolute atomic E-state index is 3.53. The third-order valence-corrected chi connectivity index (χ3v) is 3.22. The van der Waals surface area contributed by atoms with E-state index in [0.29, 0.717) is 0 Å². The third kappa shape index (κ3) is 4.43. The number of hydrogen-bond acceptors (Lipinski definition) is 2. The van der Waals surface area contributed by atoms with Gasteiger partial charge in [-0.3, -0.25) is 4.90 Å². The molecular weight excluding hydrogens is 172 g/mol. The van der Waals surface area contributed by atoms with Gasteiger partial charge in [0.2, 0.25) is 0 Å². The predicted octanol–water partition coefficient (Wildman–Crippen LogP) is 2.25.